The van der Waals surface area contributed by atoms with Gasteiger partial charge in [0.1, 0.15) is 0 Å². The Morgan fingerprint density at radius 1 is 0.682 bits per heavy atom. The molecule has 0 radical (unpaired) electrons. The number of amides is 2. The molecule has 0 saturated carbocycles. The molecule has 1 saturated heterocycles. The molecule has 1 heterocycles. The summed E-state index contributed by atoms with van der Waals surface area (Å²) in [5.74, 6) is 0.318. The maximum atomic E-state index is 12.4. The molecule has 2 aliphatic carbocycles. The fourth-order valence-corrected chi connectivity index (χ4v) is 3.14. The second-order valence-corrected chi connectivity index (χ2v) is 5.96. The summed E-state index contributed by atoms with van der Waals surface area (Å²) in [5.41, 5.74) is 0. The lowest BCUT2D eigenvalue weighted by Crippen LogP contribution is -2.52. The number of rotatable bonds is 2. The minimum atomic E-state index is -0.0290. The van der Waals surface area contributed by atoms with E-state index in [0.717, 1.165) is 12.8 Å². The second-order valence-electron chi connectivity index (χ2n) is 5.96. The highest BCUT2D eigenvalue weighted by molar-refractivity contribution is 5.83. The fourth-order valence-electron chi connectivity index (χ4n) is 3.14. The van der Waals surface area contributed by atoms with Crippen LogP contribution < -0.4 is 0 Å². The van der Waals surface area contributed by atoms with Crippen molar-refractivity contribution in [3.8, 4) is 0 Å². The molecule has 0 aromatic carbocycles. The van der Waals surface area contributed by atoms with Crippen molar-refractivity contribution in [2.75, 3.05) is 26.2 Å². The summed E-state index contributed by atoms with van der Waals surface area (Å²) < 4.78 is 0. The van der Waals surface area contributed by atoms with Gasteiger partial charge in [0, 0.05) is 26.2 Å². The smallest absolute Gasteiger partial charge is 0.229 e. The maximum absolute atomic E-state index is 12.4. The standard InChI is InChI=1S/C18H22N2O2/c21-17(15-7-3-1-4-8-15)19-11-13-20(14-12-19)18(22)16-9-5-2-6-10-16/h1-7,9,15-16H,8,10-14H2. The molecule has 4 nitrogen and oxygen atoms in total. The summed E-state index contributed by atoms with van der Waals surface area (Å²) in [5, 5.41) is 0. The molecule has 116 valence electrons. The molecule has 1 aliphatic heterocycles. The van der Waals surface area contributed by atoms with Gasteiger partial charge in [0.25, 0.3) is 0 Å². The van der Waals surface area contributed by atoms with E-state index in [1.54, 1.807) is 0 Å². The summed E-state index contributed by atoms with van der Waals surface area (Å²) in [6.45, 7) is 2.58. The fraction of sp³-hybridized carbons (Fsp3) is 0.444. The number of piperazine rings is 1. The molecule has 0 bridgehead atoms. The second kappa shape index (κ2) is 6.77. The normalized spacial score (nSPS) is 27.3. The third-order valence-electron chi connectivity index (χ3n) is 4.50. The van der Waals surface area contributed by atoms with E-state index in [2.05, 4.69) is 0 Å². The van der Waals surface area contributed by atoms with Gasteiger partial charge in [0.2, 0.25) is 11.8 Å². The number of carbonyl (C=O) groups is 2. The number of hydrogen-bond donors (Lipinski definition) is 0. The maximum Gasteiger partial charge on any atom is 0.229 e. The van der Waals surface area contributed by atoms with Crippen LogP contribution in [0.2, 0.25) is 0 Å². The lowest BCUT2D eigenvalue weighted by atomic mass is 9.98. The Morgan fingerprint density at radius 3 is 1.41 bits per heavy atom. The molecule has 2 unspecified atom stereocenters. The lowest BCUT2D eigenvalue weighted by molar-refractivity contribution is -0.142. The van der Waals surface area contributed by atoms with E-state index >= 15 is 0 Å². The minimum Gasteiger partial charge on any atom is -0.339 e. The van der Waals surface area contributed by atoms with Gasteiger partial charge >= 0.3 is 0 Å². The molecule has 2 atom stereocenters. The molecule has 2 amide bonds. The zero-order chi connectivity index (χ0) is 15.4. The van der Waals surface area contributed by atoms with Crippen molar-refractivity contribution >= 4 is 11.8 Å². The van der Waals surface area contributed by atoms with Gasteiger partial charge in [0.05, 0.1) is 11.8 Å². The highest BCUT2D eigenvalue weighted by atomic mass is 16.2. The Bertz CT molecular complexity index is 501. The molecule has 0 N–H and O–H groups in total. The van der Waals surface area contributed by atoms with Crippen LogP contribution in [0.4, 0.5) is 0 Å². The van der Waals surface area contributed by atoms with E-state index in [1.807, 2.05) is 58.4 Å². The zero-order valence-electron chi connectivity index (χ0n) is 12.7. The summed E-state index contributed by atoms with van der Waals surface area (Å²) in [4.78, 5) is 28.7. The first-order valence-electron chi connectivity index (χ1n) is 8.00. The Morgan fingerprint density at radius 2 is 1.09 bits per heavy atom. The molecule has 4 heteroatoms. The van der Waals surface area contributed by atoms with Crippen molar-refractivity contribution in [3.63, 3.8) is 0 Å². The van der Waals surface area contributed by atoms with Gasteiger partial charge in [-0.25, -0.2) is 0 Å². The third kappa shape index (κ3) is 3.21. The molecule has 3 rings (SSSR count). The number of allylic oxidation sites excluding steroid dienone is 6. The molecule has 1 fully saturated rings. The number of nitrogens with zero attached hydrogens (tertiary/aromatic N) is 2. The topological polar surface area (TPSA) is 40.6 Å². The molecular formula is C18H22N2O2. The van der Waals surface area contributed by atoms with E-state index in [1.165, 1.54) is 0 Å². The van der Waals surface area contributed by atoms with Gasteiger partial charge < -0.3 is 9.80 Å². The highest BCUT2D eigenvalue weighted by Gasteiger charge is 2.29. The SMILES string of the molecule is O=C(C1C=CC=CC1)N1CCN(C(=O)C2C=CC=CC2)CC1. The van der Waals surface area contributed by atoms with Crippen LogP contribution in [0.15, 0.2) is 48.6 Å². The van der Waals surface area contributed by atoms with Gasteiger partial charge in [-0.1, -0.05) is 48.6 Å². The van der Waals surface area contributed by atoms with Crippen molar-refractivity contribution in [2.45, 2.75) is 12.8 Å². The summed E-state index contributed by atoms with van der Waals surface area (Å²) >= 11 is 0. The van der Waals surface area contributed by atoms with Crippen LogP contribution in [0.1, 0.15) is 12.8 Å². The molecule has 0 aromatic heterocycles. The van der Waals surface area contributed by atoms with Crippen LogP contribution in [0.5, 0.6) is 0 Å². The van der Waals surface area contributed by atoms with Crippen LogP contribution in [-0.4, -0.2) is 47.8 Å². The van der Waals surface area contributed by atoms with E-state index < -0.39 is 0 Å². The van der Waals surface area contributed by atoms with Crippen LogP contribution >= 0.6 is 0 Å². The number of carbonyl (C=O) groups excluding carboxylic acids is 2. The van der Waals surface area contributed by atoms with Gasteiger partial charge in [-0.15, -0.1) is 0 Å². The molecular weight excluding hydrogens is 276 g/mol. The predicted octanol–water partition coefficient (Wildman–Crippen LogP) is 1.92. The first kappa shape index (κ1) is 14.8. The van der Waals surface area contributed by atoms with Crippen LogP contribution in [0.3, 0.4) is 0 Å². The van der Waals surface area contributed by atoms with Crippen molar-refractivity contribution in [1.82, 2.24) is 9.80 Å². The van der Waals surface area contributed by atoms with Gasteiger partial charge in [-0.2, -0.15) is 0 Å². The Balaban J connectivity index is 1.51. The Labute approximate surface area is 131 Å². The Hall–Kier alpha value is -2.10. The van der Waals surface area contributed by atoms with Crippen LogP contribution in [0, 0.1) is 11.8 Å². The zero-order valence-corrected chi connectivity index (χ0v) is 12.7. The lowest BCUT2D eigenvalue weighted by Gasteiger charge is -2.37. The van der Waals surface area contributed by atoms with Crippen molar-refractivity contribution in [1.29, 1.82) is 0 Å². The summed E-state index contributed by atoms with van der Waals surface area (Å²) in [7, 11) is 0. The largest absolute Gasteiger partial charge is 0.339 e. The van der Waals surface area contributed by atoms with Gasteiger partial charge in [-0.05, 0) is 12.8 Å². The monoisotopic (exact) mass is 298 g/mol. The minimum absolute atomic E-state index is 0.0290. The predicted molar refractivity (Wildman–Crippen MR) is 85.9 cm³/mol. The summed E-state index contributed by atoms with van der Waals surface area (Å²) in [6, 6.07) is 0. The van der Waals surface area contributed by atoms with Crippen molar-refractivity contribution < 1.29 is 9.59 Å². The third-order valence-corrected chi connectivity index (χ3v) is 4.50. The molecule has 0 spiro atoms. The van der Waals surface area contributed by atoms with Crippen molar-refractivity contribution in [3.05, 3.63) is 48.6 Å². The van der Waals surface area contributed by atoms with E-state index in [9.17, 15) is 9.59 Å². The summed E-state index contributed by atoms with van der Waals surface area (Å²) in [6.07, 6.45) is 17.4. The van der Waals surface area contributed by atoms with E-state index in [4.69, 9.17) is 0 Å². The Kier molecular flexibility index (Phi) is 4.56. The van der Waals surface area contributed by atoms with Crippen LogP contribution in [0.25, 0.3) is 0 Å². The average Bonchev–Trinajstić information content (AvgIpc) is 2.62. The van der Waals surface area contributed by atoms with Gasteiger partial charge in [-0.3, -0.25) is 9.59 Å². The van der Waals surface area contributed by atoms with Gasteiger partial charge in [0.15, 0.2) is 0 Å². The molecule has 0 aromatic rings. The first-order valence-corrected chi connectivity index (χ1v) is 8.00. The molecule has 3 aliphatic rings. The number of hydrogen-bond acceptors (Lipinski definition) is 2. The van der Waals surface area contributed by atoms with Crippen LogP contribution in [-0.2, 0) is 9.59 Å². The van der Waals surface area contributed by atoms with Crippen molar-refractivity contribution in [2.24, 2.45) is 11.8 Å². The van der Waals surface area contributed by atoms with E-state index in [0.29, 0.717) is 26.2 Å². The first-order chi connectivity index (χ1) is 10.8. The average molecular weight is 298 g/mol. The van der Waals surface area contributed by atoms with E-state index in [-0.39, 0.29) is 23.7 Å². The quantitative estimate of drug-likeness (QED) is 0.781. The highest BCUT2D eigenvalue weighted by Crippen LogP contribution is 2.19. The molecule has 22 heavy (non-hydrogen) atoms.